The Labute approximate surface area is 166 Å². The fourth-order valence-electron chi connectivity index (χ4n) is 3.50. The molecule has 0 atom stereocenters. The standard InChI is InChI=1S/C18H19Cl2N5S/c19-12-6-13(20)8-14(7-12)26-18-24-15-16(21)22-10-23-17(15)25(18)9-11-4-2-1-3-5-11/h6-8,10-11H,1-5,9H2,(H2,21,22,23). The van der Waals surface area contributed by atoms with Crippen molar-refractivity contribution >= 4 is 51.9 Å². The van der Waals surface area contributed by atoms with E-state index in [0.717, 1.165) is 22.2 Å². The van der Waals surface area contributed by atoms with Crippen LogP contribution < -0.4 is 5.73 Å². The summed E-state index contributed by atoms with van der Waals surface area (Å²) in [5.41, 5.74) is 7.48. The van der Waals surface area contributed by atoms with E-state index in [2.05, 4.69) is 14.5 Å². The Kier molecular flexibility index (Phi) is 5.25. The van der Waals surface area contributed by atoms with Crippen LogP contribution in [0.15, 0.2) is 34.6 Å². The summed E-state index contributed by atoms with van der Waals surface area (Å²) in [4.78, 5) is 14.2. The molecule has 1 aliphatic rings. The van der Waals surface area contributed by atoms with Gasteiger partial charge in [0, 0.05) is 21.5 Å². The first-order valence-electron chi connectivity index (χ1n) is 8.71. The van der Waals surface area contributed by atoms with Crippen molar-refractivity contribution in [3.05, 3.63) is 34.6 Å². The molecule has 0 aliphatic heterocycles. The molecular weight excluding hydrogens is 389 g/mol. The van der Waals surface area contributed by atoms with Gasteiger partial charge in [-0.25, -0.2) is 15.0 Å². The molecule has 136 valence electrons. The lowest BCUT2D eigenvalue weighted by molar-refractivity contribution is 0.314. The molecule has 1 fully saturated rings. The second kappa shape index (κ2) is 7.62. The molecule has 0 bridgehead atoms. The number of fused-ring (bicyclic) bond motifs is 1. The van der Waals surface area contributed by atoms with Crippen LogP contribution in [0.2, 0.25) is 10.0 Å². The van der Waals surface area contributed by atoms with Crippen LogP contribution in [-0.2, 0) is 6.54 Å². The summed E-state index contributed by atoms with van der Waals surface area (Å²) in [6, 6.07) is 5.50. The summed E-state index contributed by atoms with van der Waals surface area (Å²) in [5, 5.41) is 2.06. The van der Waals surface area contributed by atoms with Crippen molar-refractivity contribution in [2.45, 2.75) is 48.7 Å². The molecule has 0 amide bonds. The van der Waals surface area contributed by atoms with Crippen LogP contribution >= 0.6 is 35.0 Å². The van der Waals surface area contributed by atoms with Gasteiger partial charge >= 0.3 is 0 Å². The van der Waals surface area contributed by atoms with E-state index >= 15 is 0 Å². The maximum Gasteiger partial charge on any atom is 0.175 e. The van der Waals surface area contributed by atoms with Crippen LogP contribution in [0, 0.1) is 5.92 Å². The predicted octanol–water partition coefficient (Wildman–Crippen LogP) is 5.45. The van der Waals surface area contributed by atoms with Gasteiger partial charge in [0.05, 0.1) is 0 Å². The zero-order chi connectivity index (χ0) is 18.1. The van der Waals surface area contributed by atoms with E-state index in [1.54, 1.807) is 6.07 Å². The Balaban J connectivity index is 1.74. The van der Waals surface area contributed by atoms with Gasteiger partial charge in [-0.1, -0.05) is 54.2 Å². The van der Waals surface area contributed by atoms with Crippen molar-refractivity contribution < 1.29 is 0 Å². The Bertz CT molecular complexity index is 916. The number of rotatable bonds is 4. The minimum absolute atomic E-state index is 0.406. The molecule has 5 nitrogen and oxygen atoms in total. The number of imidazole rings is 1. The zero-order valence-corrected chi connectivity index (χ0v) is 16.5. The minimum Gasteiger partial charge on any atom is -0.382 e. The third-order valence-electron chi connectivity index (χ3n) is 4.74. The number of nitrogens with zero attached hydrogens (tertiary/aromatic N) is 4. The molecule has 1 aromatic carbocycles. The molecule has 4 rings (SSSR count). The molecule has 0 unspecified atom stereocenters. The van der Waals surface area contributed by atoms with Crippen LogP contribution in [0.5, 0.6) is 0 Å². The van der Waals surface area contributed by atoms with Crippen molar-refractivity contribution in [1.82, 2.24) is 19.5 Å². The lowest BCUT2D eigenvalue weighted by atomic mass is 9.89. The van der Waals surface area contributed by atoms with Gasteiger partial charge in [0.15, 0.2) is 22.1 Å². The number of hydrogen-bond donors (Lipinski definition) is 1. The molecule has 2 N–H and O–H groups in total. The van der Waals surface area contributed by atoms with E-state index in [0.29, 0.717) is 27.3 Å². The summed E-state index contributed by atoms with van der Waals surface area (Å²) in [7, 11) is 0. The summed E-state index contributed by atoms with van der Waals surface area (Å²) < 4.78 is 2.17. The van der Waals surface area contributed by atoms with E-state index in [-0.39, 0.29) is 0 Å². The first-order chi connectivity index (χ1) is 12.6. The fraction of sp³-hybridized carbons (Fsp3) is 0.389. The normalized spacial score (nSPS) is 15.6. The number of nitrogens with two attached hydrogens (primary N) is 1. The number of anilines is 1. The van der Waals surface area contributed by atoms with Gasteiger partial charge in [-0.15, -0.1) is 0 Å². The SMILES string of the molecule is Nc1ncnc2c1nc(Sc1cc(Cl)cc(Cl)c1)n2CC1CCCCC1. The first kappa shape index (κ1) is 17.9. The molecule has 0 radical (unpaired) electrons. The Morgan fingerprint density at radius 1 is 1.08 bits per heavy atom. The fourth-order valence-corrected chi connectivity index (χ4v) is 5.14. The maximum atomic E-state index is 6.15. The van der Waals surface area contributed by atoms with Gasteiger partial charge in [0.1, 0.15) is 6.33 Å². The molecular formula is C18H19Cl2N5S. The van der Waals surface area contributed by atoms with E-state index < -0.39 is 0 Å². The van der Waals surface area contributed by atoms with Crippen molar-refractivity contribution in [2.75, 3.05) is 5.73 Å². The van der Waals surface area contributed by atoms with Crippen LogP contribution in [0.25, 0.3) is 11.2 Å². The molecule has 0 saturated heterocycles. The third-order valence-corrected chi connectivity index (χ3v) is 6.14. The average molecular weight is 408 g/mol. The van der Waals surface area contributed by atoms with E-state index in [1.807, 2.05) is 12.1 Å². The lowest BCUT2D eigenvalue weighted by Crippen LogP contribution is -2.15. The highest BCUT2D eigenvalue weighted by Crippen LogP contribution is 2.35. The summed E-state index contributed by atoms with van der Waals surface area (Å²) >= 11 is 13.8. The molecule has 1 aliphatic carbocycles. The molecule has 0 spiro atoms. The monoisotopic (exact) mass is 407 g/mol. The predicted molar refractivity (Wildman–Crippen MR) is 107 cm³/mol. The van der Waals surface area contributed by atoms with Crippen molar-refractivity contribution in [3.8, 4) is 0 Å². The number of hydrogen-bond acceptors (Lipinski definition) is 5. The van der Waals surface area contributed by atoms with E-state index in [9.17, 15) is 0 Å². The van der Waals surface area contributed by atoms with Gasteiger partial charge in [0.25, 0.3) is 0 Å². The van der Waals surface area contributed by atoms with Crippen LogP contribution in [0.4, 0.5) is 5.82 Å². The van der Waals surface area contributed by atoms with Crippen LogP contribution in [0.1, 0.15) is 32.1 Å². The Morgan fingerprint density at radius 3 is 2.54 bits per heavy atom. The van der Waals surface area contributed by atoms with Gasteiger partial charge in [-0.05, 0) is 37.0 Å². The smallest absolute Gasteiger partial charge is 0.175 e. The first-order valence-corrected chi connectivity index (χ1v) is 10.3. The number of nitrogen functional groups attached to an aromatic ring is 1. The van der Waals surface area contributed by atoms with Gasteiger partial charge < -0.3 is 10.3 Å². The summed E-state index contributed by atoms with van der Waals surface area (Å²) in [6.45, 7) is 0.892. The second-order valence-electron chi connectivity index (χ2n) is 6.65. The molecule has 26 heavy (non-hydrogen) atoms. The largest absolute Gasteiger partial charge is 0.382 e. The third kappa shape index (κ3) is 3.77. The molecule has 1 saturated carbocycles. The number of benzene rings is 1. The number of aromatic nitrogens is 4. The number of halogens is 2. The van der Waals surface area contributed by atoms with Crippen molar-refractivity contribution in [1.29, 1.82) is 0 Å². The van der Waals surface area contributed by atoms with Crippen LogP contribution in [0.3, 0.4) is 0 Å². The Hall–Kier alpha value is -1.50. The van der Waals surface area contributed by atoms with Gasteiger partial charge in [-0.3, -0.25) is 0 Å². The lowest BCUT2D eigenvalue weighted by Gasteiger charge is -2.22. The molecule has 3 aromatic rings. The maximum absolute atomic E-state index is 6.15. The summed E-state index contributed by atoms with van der Waals surface area (Å²) in [6.07, 6.45) is 7.91. The minimum atomic E-state index is 0.406. The quantitative estimate of drug-likeness (QED) is 0.622. The topological polar surface area (TPSA) is 69.6 Å². The van der Waals surface area contributed by atoms with Crippen molar-refractivity contribution in [2.24, 2.45) is 5.92 Å². The van der Waals surface area contributed by atoms with E-state index in [1.165, 1.54) is 50.2 Å². The zero-order valence-electron chi connectivity index (χ0n) is 14.2. The highest BCUT2D eigenvalue weighted by Gasteiger charge is 2.21. The molecule has 8 heteroatoms. The van der Waals surface area contributed by atoms with Gasteiger partial charge in [0.2, 0.25) is 0 Å². The molecule has 2 aromatic heterocycles. The van der Waals surface area contributed by atoms with Crippen LogP contribution in [-0.4, -0.2) is 19.5 Å². The summed E-state index contributed by atoms with van der Waals surface area (Å²) in [5.74, 6) is 1.04. The van der Waals surface area contributed by atoms with E-state index in [4.69, 9.17) is 33.9 Å². The van der Waals surface area contributed by atoms with Crippen molar-refractivity contribution in [3.63, 3.8) is 0 Å². The second-order valence-corrected chi connectivity index (χ2v) is 8.56. The van der Waals surface area contributed by atoms with Gasteiger partial charge in [-0.2, -0.15) is 0 Å². The Morgan fingerprint density at radius 2 is 1.81 bits per heavy atom. The highest BCUT2D eigenvalue weighted by atomic mass is 35.5. The molecule has 2 heterocycles. The average Bonchev–Trinajstić information content (AvgIpc) is 2.94. The highest BCUT2D eigenvalue weighted by molar-refractivity contribution is 7.99.